The van der Waals surface area contributed by atoms with Crippen molar-refractivity contribution in [2.45, 2.75) is 108 Å². The van der Waals surface area contributed by atoms with E-state index in [9.17, 15) is 42.1 Å². The van der Waals surface area contributed by atoms with Gasteiger partial charge in [0.25, 0.3) is 0 Å². The second-order valence-corrected chi connectivity index (χ2v) is 12.1. The van der Waals surface area contributed by atoms with Crippen LogP contribution in [0, 0.1) is 5.41 Å². The highest BCUT2D eigenvalue weighted by atomic mass is 19.4. The van der Waals surface area contributed by atoms with Gasteiger partial charge in [0.2, 0.25) is 0 Å². The molecule has 3 unspecified atom stereocenters. The molecule has 0 amide bonds. The molecule has 0 radical (unpaired) electrons. The van der Waals surface area contributed by atoms with Gasteiger partial charge in [-0.2, -0.15) is 22.0 Å². The number of halogens is 5. The van der Waals surface area contributed by atoms with E-state index in [0.717, 1.165) is 49.7 Å². The molecule has 3 rings (SSSR count). The molecule has 2 aromatic rings. The zero-order chi connectivity index (χ0) is 31.2. The molecule has 0 bridgehead atoms. The number of fused-ring (bicyclic) bond motifs is 1. The van der Waals surface area contributed by atoms with Gasteiger partial charge in [0.1, 0.15) is 17.2 Å². The number of carboxylic acids is 1. The highest BCUT2D eigenvalue weighted by Crippen LogP contribution is 2.50. The standard InChI is InChI=1S/C32H41F5O5/c1-29(28(40)41,18-9-19-31(33,34)32(35,36)37)17-8-6-4-3-5-7-10-26-25-16-15-24(39)20-27(25)42-21-30(26,2)22-11-13-23(38)14-12-22/h11-16,20,26,38-39H,3-10,17-19,21H2,1-2H3,(H,40,41). The number of benzene rings is 2. The Morgan fingerprint density at radius 1 is 0.857 bits per heavy atom. The summed E-state index contributed by atoms with van der Waals surface area (Å²) in [5, 5.41) is 29.3. The number of hydrogen-bond donors (Lipinski definition) is 3. The molecule has 0 saturated heterocycles. The number of ether oxygens (including phenoxy) is 1. The Labute approximate surface area is 243 Å². The third-order valence-electron chi connectivity index (χ3n) is 8.82. The number of carbonyl (C=O) groups is 1. The summed E-state index contributed by atoms with van der Waals surface area (Å²) < 4.78 is 69.7. The first-order chi connectivity index (χ1) is 19.6. The molecule has 0 saturated carbocycles. The fourth-order valence-electron chi connectivity index (χ4n) is 5.96. The summed E-state index contributed by atoms with van der Waals surface area (Å²) in [7, 11) is 0. The topological polar surface area (TPSA) is 87.0 Å². The third-order valence-corrected chi connectivity index (χ3v) is 8.82. The molecule has 1 heterocycles. The molecule has 0 fully saturated rings. The molecule has 0 aromatic heterocycles. The van der Waals surface area contributed by atoms with Crippen molar-refractivity contribution >= 4 is 5.97 Å². The van der Waals surface area contributed by atoms with Crippen LogP contribution in [0.25, 0.3) is 0 Å². The molecule has 0 spiro atoms. The van der Waals surface area contributed by atoms with Crippen LogP contribution in [-0.2, 0) is 10.2 Å². The number of alkyl halides is 5. The smallest absolute Gasteiger partial charge is 0.453 e. The molecule has 234 valence electrons. The van der Waals surface area contributed by atoms with Gasteiger partial charge in [0, 0.05) is 23.8 Å². The maximum atomic E-state index is 13.2. The first-order valence-corrected chi connectivity index (χ1v) is 14.5. The SMILES string of the molecule is CC(CCCCCCCCC1c2ccc(O)cc2OCC1(C)c1ccc(O)cc1)(CCCC(F)(F)C(F)(F)F)C(=O)O. The molecule has 10 heteroatoms. The predicted molar refractivity (Wildman–Crippen MR) is 149 cm³/mol. The van der Waals surface area contributed by atoms with Crippen molar-refractivity contribution in [3.63, 3.8) is 0 Å². The largest absolute Gasteiger partial charge is 0.508 e. The Balaban J connectivity index is 1.48. The van der Waals surface area contributed by atoms with Gasteiger partial charge in [-0.05, 0) is 61.9 Å². The van der Waals surface area contributed by atoms with Crippen molar-refractivity contribution in [3.05, 3.63) is 53.6 Å². The third kappa shape index (κ3) is 8.07. The first-order valence-electron chi connectivity index (χ1n) is 14.5. The molecule has 42 heavy (non-hydrogen) atoms. The van der Waals surface area contributed by atoms with Crippen LogP contribution >= 0.6 is 0 Å². The number of carboxylic acid groups (broad SMARTS) is 1. The monoisotopic (exact) mass is 600 g/mol. The van der Waals surface area contributed by atoms with Crippen molar-refractivity contribution in [1.82, 2.24) is 0 Å². The Hall–Kier alpha value is -3.04. The molecule has 3 N–H and O–H groups in total. The number of hydrogen-bond acceptors (Lipinski definition) is 4. The fraction of sp³-hybridized carbons (Fsp3) is 0.594. The van der Waals surface area contributed by atoms with Gasteiger partial charge in [0.05, 0.1) is 12.0 Å². The zero-order valence-electron chi connectivity index (χ0n) is 24.2. The van der Waals surface area contributed by atoms with Crippen LogP contribution in [0.15, 0.2) is 42.5 Å². The Kier molecular flexibility index (Phi) is 10.8. The molecule has 0 aliphatic carbocycles. The maximum absolute atomic E-state index is 13.2. The fourth-order valence-corrected chi connectivity index (χ4v) is 5.96. The van der Waals surface area contributed by atoms with E-state index in [2.05, 4.69) is 6.92 Å². The van der Waals surface area contributed by atoms with Crippen molar-refractivity contribution in [2.24, 2.45) is 5.41 Å². The molecule has 5 nitrogen and oxygen atoms in total. The second kappa shape index (κ2) is 13.5. The first kappa shape index (κ1) is 33.5. The van der Waals surface area contributed by atoms with Gasteiger partial charge in [-0.15, -0.1) is 0 Å². The lowest BCUT2D eigenvalue weighted by molar-refractivity contribution is -0.284. The van der Waals surface area contributed by atoms with Gasteiger partial charge in [0.15, 0.2) is 0 Å². The minimum Gasteiger partial charge on any atom is -0.508 e. The maximum Gasteiger partial charge on any atom is 0.453 e. The summed E-state index contributed by atoms with van der Waals surface area (Å²) in [5.41, 5.74) is 0.386. The van der Waals surface area contributed by atoms with Gasteiger partial charge >= 0.3 is 18.1 Å². The van der Waals surface area contributed by atoms with E-state index >= 15 is 0 Å². The number of aromatic hydroxyl groups is 2. The minimum atomic E-state index is -5.63. The molecule has 1 aliphatic heterocycles. The van der Waals surface area contributed by atoms with Crippen molar-refractivity contribution < 1.29 is 46.8 Å². The molecule has 1 aliphatic rings. The van der Waals surface area contributed by atoms with Crippen LogP contribution in [-0.4, -0.2) is 40.0 Å². The number of phenolic OH excluding ortho intramolecular Hbond substituents is 2. The lowest BCUT2D eigenvalue weighted by Gasteiger charge is -2.43. The Morgan fingerprint density at radius 3 is 2.05 bits per heavy atom. The number of phenols is 2. The van der Waals surface area contributed by atoms with Crippen molar-refractivity contribution in [3.8, 4) is 17.2 Å². The second-order valence-electron chi connectivity index (χ2n) is 12.1. The summed E-state index contributed by atoms with van der Waals surface area (Å²) in [6.45, 7) is 3.98. The normalized spacial score (nSPS) is 20.4. The van der Waals surface area contributed by atoms with Gasteiger partial charge < -0.3 is 20.1 Å². The molecular formula is C32H41F5O5. The van der Waals surface area contributed by atoms with E-state index in [-0.39, 0.29) is 35.7 Å². The van der Waals surface area contributed by atoms with E-state index in [4.69, 9.17) is 4.74 Å². The quantitative estimate of drug-likeness (QED) is 0.140. The summed E-state index contributed by atoms with van der Waals surface area (Å²) in [6.07, 6.45) is -1.77. The Morgan fingerprint density at radius 2 is 1.43 bits per heavy atom. The minimum absolute atomic E-state index is 0.118. The van der Waals surface area contributed by atoms with E-state index in [1.165, 1.54) is 6.92 Å². The number of rotatable bonds is 15. The average Bonchev–Trinajstić information content (AvgIpc) is 2.90. The Bertz CT molecular complexity index is 1180. The van der Waals surface area contributed by atoms with E-state index in [0.29, 0.717) is 18.8 Å². The zero-order valence-corrected chi connectivity index (χ0v) is 24.2. The predicted octanol–water partition coefficient (Wildman–Crippen LogP) is 9.11. The van der Waals surface area contributed by atoms with Crippen LogP contribution in [0.3, 0.4) is 0 Å². The average molecular weight is 601 g/mol. The van der Waals surface area contributed by atoms with Crippen LogP contribution < -0.4 is 4.74 Å². The molecule has 3 atom stereocenters. The highest BCUT2D eigenvalue weighted by Gasteiger charge is 2.56. The number of aliphatic carboxylic acids is 1. The van der Waals surface area contributed by atoms with Crippen LogP contribution in [0.2, 0.25) is 0 Å². The van der Waals surface area contributed by atoms with Crippen molar-refractivity contribution in [2.75, 3.05) is 6.61 Å². The van der Waals surface area contributed by atoms with Crippen LogP contribution in [0.5, 0.6) is 17.2 Å². The molecule has 2 aromatic carbocycles. The lowest BCUT2D eigenvalue weighted by Crippen LogP contribution is -2.40. The van der Waals surface area contributed by atoms with Crippen LogP contribution in [0.4, 0.5) is 22.0 Å². The lowest BCUT2D eigenvalue weighted by atomic mass is 9.66. The molecular weight excluding hydrogens is 559 g/mol. The van der Waals surface area contributed by atoms with Crippen molar-refractivity contribution in [1.29, 1.82) is 0 Å². The van der Waals surface area contributed by atoms with Gasteiger partial charge in [-0.3, -0.25) is 4.79 Å². The summed E-state index contributed by atoms with van der Waals surface area (Å²) in [6, 6.07) is 12.3. The van der Waals surface area contributed by atoms with E-state index in [1.54, 1.807) is 24.3 Å². The summed E-state index contributed by atoms with van der Waals surface area (Å²) in [4.78, 5) is 11.8. The van der Waals surface area contributed by atoms with E-state index < -0.39 is 36.3 Å². The van der Waals surface area contributed by atoms with Crippen LogP contribution in [0.1, 0.15) is 102 Å². The van der Waals surface area contributed by atoms with Gasteiger partial charge in [-0.1, -0.05) is 63.6 Å². The number of unbranched alkanes of at least 4 members (excludes halogenated alkanes) is 5. The highest BCUT2D eigenvalue weighted by molar-refractivity contribution is 5.74. The summed E-state index contributed by atoms with van der Waals surface area (Å²) in [5.74, 6) is -4.89. The van der Waals surface area contributed by atoms with Gasteiger partial charge in [-0.25, -0.2) is 0 Å². The summed E-state index contributed by atoms with van der Waals surface area (Å²) >= 11 is 0. The van der Waals surface area contributed by atoms with E-state index in [1.807, 2.05) is 18.2 Å².